The zero-order chi connectivity index (χ0) is 13.1. The van der Waals surface area contributed by atoms with Crippen LogP contribution in [0.4, 0.5) is 0 Å². The molecule has 100 valence electrons. The molecule has 2 N–H and O–H groups in total. The normalized spacial score (nSPS) is 16.6. The van der Waals surface area contributed by atoms with Crippen molar-refractivity contribution in [1.82, 2.24) is 9.88 Å². The van der Waals surface area contributed by atoms with Gasteiger partial charge in [-0.05, 0) is 26.2 Å². The van der Waals surface area contributed by atoms with Gasteiger partial charge in [0.25, 0.3) is 5.91 Å². The molecule has 1 atom stereocenters. The average Bonchev–Trinajstić information content (AvgIpc) is 3.05. The summed E-state index contributed by atoms with van der Waals surface area (Å²) in [6, 6.07) is 0.353. The summed E-state index contributed by atoms with van der Waals surface area (Å²) in [6.07, 6.45) is 4.45. The predicted molar refractivity (Wildman–Crippen MR) is 73.7 cm³/mol. The van der Waals surface area contributed by atoms with Gasteiger partial charge in [0.05, 0.1) is 6.04 Å². The van der Waals surface area contributed by atoms with Gasteiger partial charge in [-0.25, -0.2) is 4.98 Å². The zero-order valence-corrected chi connectivity index (χ0v) is 11.9. The lowest BCUT2D eigenvalue weighted by Crippen LogP contribution is -2.34. The van der Waals surface area contributed by atoms with E-state index >= 15 is 0 Å². The first-order chi connectivity index (χ1) is 8.63. The molecule has 1 unspecified atom stereocenters. The van der Waals surface area contributed by atoms with E-state index in [2.05, 4.69) is 11.9 Å². The van der Waals surface area contributed by atoms with Crippen molar-refractivity contribution in [3.05, 3.63) is 16.1 Å². The molecule has 0 aliphatic heterocycles. The molecule has 0 aromatic carbocycles. The topological polar surface area (TPSA) is 59.2 Å². The molecule has 1 heterocycles. The standard InChI is InChI=1S/C13H21N3OS/c1-3-4-7-16(10-5-6-10)13(17)11-8-18-12(15-11)9(2)14/h8-10H,3-7,14H2,1-2H3. The highest BCUT2D eigenvalue weighted by Gasteiger charge is 2.33. The number of nitrogens with two attached hydrogens (primary N) is 1. The molecule has 5 heteroatoms. The Balaban J connectivity index is 2.06. The van der Waals surface area contributed by atoms with Crippen LogP contribution in [0.15, 0.2) is 5.38 Å². The Morgan fingerprint density at radius 3 is 2.89 bits per heavy atom. The van der Waals surface area contributed by atoms with E-state index in [1.165, 1.54) is 11.3 Å². The third-order valence-electron chi connectivity index (χ3n) is 3.13. The molecule has 1 amide bonds. The highest BCUT2D eigenvalue weighted by molar-refractivity contribution is 7.09. The maximum atomic E-state index is 12.4. The minimum absolute atomic E-state index is 0.0779. The zero-order valence-electron chi connectivity index (χ0n) is 11.1. The number of aromatic nitrogens is 1. The summed E-state index contributed by atoms with van der Waals surface area (Å²) in [4.78, 5) is 18.7. The quantitative estimate of drug-likeness (QED) is 0.861. The lowest BCUT2D eigenvalue weighted by atomic mass is 10.3. The van der Waals surface area contributed by atoms with E-state index in [0.717, 1.165) is 37.2 Å². The molecule has 1 aromatic heterocycles. The van der Waals surface area contributed by atoms with Gasteiger partial charge in [-0.2, -0.15) is 0 Å². The molecule has 2 rings (SSSR count). The lowest BCUT2D eigenvalue weighted by Gasteiger charge is -2.21. The van der Waals surface area contributed by atoms with Gasteiger partial charge in [-0.3, -0.25) is 4.79 Å². The molecule has 18 heavy (non-hydrogen) atoms. The van der Waals surface area contributed by atoms with Crippen molar-refractivity contribution in [2.24, 2.45) is 5.73 Å². The molecular formula is C13H21N3OS. The van der Waals surface area contributed by atoms with Crippen molar-refractivity contribution in [2.45, 2.75) is 51.6 Å². The van der Waals surface area contributed by atoms with E-state index in [0.29, 0.717) is 11.7 Å². The number of carbonyl (C=O) groups excluding carboxylic acids is 1. The van der Waals surface area contributed by atoms with E-state index in [1.807, 2.05) is 17.2 Å². The Kier molecular flexibility index (Phi) is 4.35. The summed E-state index contributed by atoms with van der Waals surface area (Å²) >= 11 is 1.48. The minimum Gasteiger partial charge on any atom is -0.334 e. The predicted octanol–water partition coefficient (Wildman–Crippen LogP) is 2.57. The molecule has 1 aromatic rings. The van der Waals surface area contributed by atoms with Gasteiger partial charge < -0.3 is 10.6 Å². The first-order valence-corrected chi connectivity index (χ1v) is 7.53. The van der Waals surface area contributed by atoms with Crippen LogP contribution in [0.2, 0.25) is 0 Å². The van der Waals surface area contributed by atoms with Crippen molar-refractivity contribution < 1.29 is 4.79 Å². The van der Waals surface area contributed by atoms with Crippen molar-refractivity contribution in [3.8, 4) is 0 Å². The second-order valence-corrected chi connectivity index (χ2v) is 5.83. The first kappa shape index (κ1) is 13.5. The Labute approximate surface area is 112 Å². The fraction of sp³-hybridized carbons (Fsp3) is 0.692. The summed E-state index contributed by atoms with van der Waals surface area (Å²) in [7, 11) is 0. The first-order valence-electron chi connectivity index (χ1n) is 6.65. The SMILES string of the molecule is CCCCN(C(=O)c1csc(C(C)N)n1)C1CC1. The molecule has 1 aliphatic carbocycles. The maximum Gasteiger partial charge on any atom is 0.273 e. The van der Waals surface area contributed by atoms with Crippen molar-refractivity contribution in [3.63, 3.8) is 0 Å². The van der Waals surface area contributed by atoms with Gasteiger partial charge in [-0.1, -0.05) is 13.3 Å². The summed E-state index contributed by atoms with van der Waals surface area (Å²) in [5.41, 5.74) is 6.34. The molecular weight excluding hydrogens is 246 g/mol. The highest BCUT2D eigenvalue weighted by Crippen LogP contribution is 2.29. The third-order valence-corrected chi connectivity index (χ3v) is 4.18. The number of rotatable bonds is 6. The lowest BCUT2D eigenvalue weighted by molar-refractivity contribution is 0.0735. The van der Waals surface area contributed by atoms with Crippen LogP contribution in [0.5, 0.6) is 0 Å². The summed E-state index contributed by atoms with van der Waals surface area (Å²) < 4.78 is 0. The molecule has 0 spiro atoms. The van der Waals surface area contributed by atoms with Crippen molar-refractivity contribution >= 4 is 17.2 Å². The number of unbranched alkanes of at least 4 members (excludes halogenated alkanes) is 1. The van der Waals surface area contributed by atoms with Crippen LogP contribution in [-0.4, -0.2) is 28.4 Å². The van der Waals surface area contributed by atoms with Crippen LogP contribution < -0.4 is 5.73 Å². The maximum absolute atomic E-state index is 12.4. The Hall–Kier alpha value is -0.940. The van der Waals surface area contributed by atoms with Gasteiger partial charge in [0, 0.05) is 18.0 Å². The Morgan fingerprint density at radius 1 is 1.67 bits per heavy atom. The van der Waals surface area contributed by atoms with Gasteiger partial charge >= 0.3 is 0 Å². The molecule has 0 radical (unpaired) electrons. The van der Waals surface area contributed by atoms with E-state index in [4.69, 9.17) is 5.73 Å². The fourth-order valence-corrected chi connectivity index (χ4v) is 2.66. The molecule has 1 aliphatic rings. The number of hydrogen-bond acceptors (Lipinski definition) is 4. The fourth-order valence-electron chi connectivity index (χ4n) is 1.91. The van der Waals surface area contributed by atoms with Crippen molar-refractivity contribution in [1.29, 1.82) is 0 Å². The number of hydrogen-bond donors (Lipinski definition) is 1. The van der Waals surface area contributed by atoms with Crippen LogP contribution in [0.3, 0.4) is 0 Å². The number of nitrogens with zero attached hydrogens (tertiary/aromatic N) is 2. The number of thiazole rings is 1. The number of amides is 1. The smallest absolute Gasteiger partial charge is 0.273 e. The molecule has 0 saturated heterocycles. The largest absolute Gasteiger partial charge is 0.334 e. The monoisotopic (exact) mass is 267 g/mol. The number of carbonyl (C=O) groups is 1. The third kappa shape index (κ3) is 3.09. The Morgan fingerprint density at radius 2 is 2.39 bits per heavy atom. The van der Waals surface area contributed by atoms with E-state index in [1.54, 1.807) is 0 Å². The second kappa shape index (κ2) is 5.80. The highest BCUT2D eigenvalue weighted by atomic mass is 32.1. The second-order valence-electron chi connectivity index (χ2n) is 4.94. The summed E-state index contributed by atoms with van der Waals surface area (Å²) in [5, 5.41) is 2.67. The van der Waals surface area contributed by atoms with E-state index in [9.17, 15) is 4.79 Å². The summed E-state index contributed by atoms with van der Waals surface area (Å²) in [5.74, 6) is 0.0779. The molecule has 1 fully saturated rings. The van der Waals surface area contributed by atoms with Crippen LogP contribution in [0, 0.1) is 0 Å². The van der Waals surface area contributed by atoms with Gasteiger partial charge in [-0.15, -0.1) is 11.3 Å². The van der Waals surface area contributed by atoms with Gasteiger partial charge in [0.1, 0.15) is 10.7 Å². The van der Waals surface area contributed by atoms with Crippen LogP contribution in [-0.2, 0) is 0 Å². The van der Waals surface area contributed by atoms with Crippen molar-refractivity contribution in [2.75, 3.05) is 6.54 Å². The Bertz CT molecular complexity index is 412. The summed E-state index contributed by atoms with van der Waals surface area (Å²) in [6.45, 7) is 4.89. The molecule has 4 nitrogen and oxygen atoms in total. The average molecular weight is 267 g/mol. The van der Waals surface area contributed by atoms with E-state index in [-0.39, 0.29) is 11.9 Å². The van der Waals surface area contributed by atoms with Crippen LogP contribution in [0.25, 0.3) is 0 Å². The van der Waals surface area contributed by atoms with Crippen LogP contribution in [0.1, 0.15) is 61.1 Å². The van der Waals surface area contributed by atoms with E-state index < -0.39 is 0 Å². The molecule has 1 saturated carbocycles. The molecule has 0 bridgehead atoms. The van der Waals surface area contributed by atoms with Crippen LogP contribution >= 0.6 is 11.3 Å². The minimum atomic E-state index is -0.0958. The van der Waals surface area contributed by atoms with Gasteiger partial charge in [0.2, 0.25) is 0 Å². The van der Waals surface area contributed by atoms with Gasteiger partial charge in [0.15, 0.2) is 0 Å².